The molecular formula is C14H19CaNO7S. The summed E-state index contributed by atoms with van der Waals surface area (Å²) in [7, 11) is 0. The van der Waals surface area contributed by atoms with Crippen LogP contribution >= 0.6 is 11.3 Å². The normalized spacial score (nSPS) is 11.3. The number of nitrogens with one attached hydrogen (secondary N) is 1. The van der Waals surface area contributed by atoms with Gasteiger partial charge in [0.15, 0.2) is 0 Å². The van der Waals surface area contributed by atoms with Crippen LogP contribution in [0.1, 0.15) is 29.9 Å². The van der Waals surface area contributed by atoms with E-state index in [1.807, 2.05) is 0 Å². The molecule has 130 valence electrons. The first kappa shape index (κ1) is 25.5. The minimum Gasteiger partial charge on any atom is -0.550 e. The molecule has 0 saturated carbocycles. The standard InChI is InChI=1S/C9H17NO5.C5H4O2S.Ca/c1-9(2,5-11)7(14)8(15)10-4-3-6(12)13;6-5(7)4-2-1-3-8-4;/h7,11,14H,3-5H2,1-2H3,(H,10,15)(H,12,13);1-3H,(H,6,7);/q;;+2/p-2/t7-;;/m1../s1. The summed E-state index contributed by atoms with van der Waals surface area (Å²) in [6.07, 6.45) is -1.68. The molecule has 1 amide bonds. The maximum atomic E-state index is 11.2. The maximum Gasteiger partial charge on any atom is 2.00 e. The molecule has 1 rings (SSSR count). The molecule has 10 heteroatoms. The molecule has 8 nitrogen and oxygen atoms in total. The second-order valence-electron chi connectivity index (χ2n) is 5.23. The van der Waals surface area contributed by atoms with E-state index in [1.165, 1.54) is 31.3 Å². The third kappa shape index (κ3) is 10.2. The zero-order valence-electron chi connectivity index (χ0n) is 13.5. The molecule has 0 saturated heterocycles. The third-order valence-electron chi connectivity index (χ3n) is 2.75. The van der Waals surface area contributed by atoms with Gasteiger partial charge in [-0.2, -0.15) is 0 Å². The summed E-state index contributed by atoms with van der Waals surface area (Å²) in [4.78, 5) is 31.5. The van der Waals surface area contributed by atoms with Crippen LogP contribution in [-0.2, 0) is 9.59 Å². The van der Waals surface area contributed by atoms with Gasteiger partial charge in [0, 0.05) is 29.2 Å². The Bertz CT molecular complexity index is 519. The minimum atomic E-state index is -1.37. The molecule has 0 bridgehead atoms. The number of aliphatic carboxylic acids is 1. The predicted octanol–water partition coefficient (Wildman–Crippen LogP) is -2.65. The molecule has 1 aromatic rings. The fourth-order valence-electron chi connectivity index (χ4n) is 1.22. The maximum absolute atomic E-state index is 11.2. The van der Waals surface area contributed by atoms with Crippen molar-refractivity contribution in [2.45, 2.75) is 26.4 Å². The van der Waals surface area contributed by atoms with Crippen molar-refractivity contribution in [3.05, 3.63) is 22.4 Å². The van der Waals surface area contributed by atoms with Gasteiger partial charge < -0.3 is 35.3 Å². The van der Waals surface area contributed by atoms with Crippen LogP contribution in [0.25, 0.3) is 0 Å². The first-order valence-electron chi connectivity index (χ1n) is 6.63. The van der Waals surface area contributed by atoms with Gasteiger partial charge in [0.2, 0.25) is 5.91 Å². The van der Waals surface area contributed by atoms with Crippen LogP contribution in [0.15, 0.2) is 17.5 Å². The number of amides is 1. The zero-order chi connectivity index (χ0) is 18.0. The van der Waals surface area contributed by atoms with E-state index >= 15 is 0 Å². The van der Waals surface area contributed by atoms with Crippen LogP contribution in [0.4, 0.5) is 0 Å². The van der Waals surface area contributed by atoms with Crippen LogP contribution in [-0.4, -0.2) is 85.1 Å². The number of aliphatic hydroxyl groups excluding tert-OH is 2. The Morgan fingerprint density at radius 2 is 1.92 bits per heavy atom. The number of hydrogen-bond acceptors (Lipinski definition) is 8. The summed E-state index contributed by atoms with van der Waals surface area (Å²) >= 11 is 1.17. The smallest absolute Gasteiger partial charge is 0.550 e. The molecule has 1 aromatic heterocycles. The van der Waals surface area contributed by atoms with Crippen molar-refractivity contribution in [1.29, 1.82) is 0 Å². The van der Waals surface area contributed by atoms with Crippen LogP contribution in [0.2, 0.25) is 0 Å². The van der Waals surface area contributed by atoms with Crippen LogP contribution < -0.4 is 15.5 Å². The van der Waals surface area contributed by atoms with Crippen molar-refractivity contribution in [3.63, 3.8) is 0 Å². The van der Waals surface area contributed by atoms with E-state index < -0.39 is 29.4 Å². The Balaban J connectivity index is 0. The molecule has 0 radical (unpaired) electrons. The summed E-state index contributed by atoms with van der Waals surface area (Å²) in [5.74, 6) is -3.07. The van der Waals surface area contributed by atoms with Gasteiger partial charge in [-0.3, -0.25) is 4.79 Å². The Hall–Kier alpha value is -0.710. The van der Waals surface area contributed by atoms with Crippen LogP contribution in [0.5, 0.6) is 0 Å². The number of carbonyl (C=O) groups is 3. The van der Waals surface area contributed by atoms with Crippen molar-refractivity contribution in [2.75, 3.05) is 13.2 Å². The quantitative estimate of drug-likeness (QED) is 0.434. The van der Waals surface area contributed by atoms with Crippen molar-refractivity contribution >= 4 is 66.9 Å². The molecule has 0 aromatic carbocycles. The van der Waals surface area contributed by atoms with Gasteiger partial charge in [0.05, 0.1) is 12.6 Å². The van der Waals surface area contributed by atoms with E-state index in [0.29, 0.717) is 0 Å². The third-order valence-corrected chi connectivity index (χ3v) is 3.60. The second-order valence-corrected chi connectivity index (χ2v) is 6.17. The van der Waals surface area contributed by atoms with Crippen LogP contribution in [0.3, 0.4) is 0 Å². The first-order chi connectivity index (χ1) is 10.6. The van der Waals surface area contributed by atoms with Gasteiger partial charge in [-0.05, 0) is 11.4 Å². The van der Waals surface area contributed by atoms with Crippen molar-refractivity contribution < 1.29 is 34.8 Å². The molecule has 1 atom stereocenters. The number of hydrogen-bond donors (Lipinski definition) is 3. The molecule has 0 fully saturated rings. The Morgan fingerprint density at radius 3 is 2.25 bits per heavy atom. The van der Waals surface area contributed by atoms with Gasteiger partial charge in [-0.1, -0.05) is 19.9 Å². The number of carbonyl (C=O) groups excluding carboxylic acids is 3. The summed E-state index contributed by atoms with van der Waals surface area (Å²) in [5, 5.41) is 42.3. The molecular weight excluding hydrogens is 366 g/mol. The fraction of sp³-hybridized carbons (Fsp3) is 0.500. The SMILES string of the molecule is CC(C)(CO)[C@H](O)C(=O)NCCC(=O)[O-].O=C([O-])c1cccs1.[Ca+2]. The van der Waals surface area contributed by atoms with E-state index in [2.05, 4.69) is 5.32 Å². The molecule has 24 heavy (non-hydrogen) atoms. The summed E-state index contributed by atoms with van der Waals surface area (Å²) in [6.45, 7) is 2.60. The molecule has 0 spiro atoms. The number of aliphatic hydroxyl groups is 2. The summed E-state index contributed by atoms with van der Waals surface area (Å²) in [5.41, 5.74) is -0.953. The topological polar surface area (TPSA) is 150 Å². The Morgan fingerprint density at radius 1 is 1.33 bits per heavy atom. The molecule has 0 aliphatic heterocycles. The summed E-state index contributed by atoms with van der Waals surface area (Å²) < 4.78 is 0. The summed E-state index contributed by atoms with van der Waals surface area (Å²) in [6, 6.07) is 3.19. The van der Waals surface area contributed by atoms with Gasteiger partial charge in [0.25, 0.3) is 0 Å². The van der Waals surface area contributed by atoms with Gasteiger partial charge in [-0.25, -0.2) is 0 Å². The van der Waals surface area contributed by atoms with Crippen LogP contribution in [0, 0.1) is 5.41 Å². The van der Waals surface area contributed by atoms with Gasteiger partial charge >= 0.3 is 37.7 Å². The zero-order valence-corrected chi connectivity index (χ0v) is 16.5. The predicted molar refractivity (Wildman–Crippen MR) is 83.9 cm³/mol. The molecule has 1 heterocycles. The van der Waals surface area contributed by atoms with E-state index in [9.17, 15) is 29.7 Å². The van der Waals surface area contributed by atoms with Crippen molar-refractivity contribution in [3.8, 4) is 0 Å². The average Bonchev–Trinajstić information content (AvgIpc) is 3.01. The minimum absolute atomic E-state index is 0. The van der Waals surface area contributed by atoms with Crippen molar-refractivity contribution in [1.82, 2.24) is 5.32 Å². The number of carboxylic acids is 2. The number of aromatic carboxylic acids is 1. The fourth-order valence-corrected chi connectivity index (χ4v) is 1.78. The number of rotatable bonds is 7. The largest absolute Gasteiger partial charge is 2.00 e. The van der Waals surface area contributed by atoms with E-state index in [1.54, 1.807) is 11.4 Å². The monoisotopic (exact) mass is 385 g/mol. The Kier molecular flexibility index (Phi) is 13.4. The first-order valence-corrected chi connectivity index (χ1v) is 7.51. The van der Waals surface area contributed by atoms with E-state index in [4.69, 9.17) is 5.11 Å². The molecule has 0 aliphatic carbocycles. The average molecular weight is 385 g/mol. The molecule has 0 aliphatic rings. The number of thiophene rings is 1. The molecule has 0 unspecified atom stereocenters. The van der Waals surface area contributed by atoms with Crippen molar-refractivity contribution in [2.24, 2.45) is 5.41 Å². The Labute approximate surface area is 173 Å². The van der Waals surface area contributed by atoms with Gasteiger partial charge in [0.1, 0.15) is 6.10 Å². The van der Waals surface area contributed by atoms with Gasteiger partial charge in [-0.15, -0.1) is 11.3 Å². The molecule has 3 N–H and O–H groups in total. The number of carboxylic acid groups (broad SMARTS) is 2. The van der Waals surface area contributed by atoms with E-state index in [-0.39, 0.29) is 62.2 Å². The van der Waals surface area contributed by atoms with E-state index in [0.717, 1.165) is 0 Å². The second kappa shape index (κ2) is 12.6.